The zero-order valence-corrected chi connectivity index (χ0v) is 17.6. The highest BCUT2D eigenvalue weighted by Gasteiger charge is 2.46. The predicted octanol–water partition coefficient (Wildman–Crippen LogP) is 2.87. The first-order valence-corrected chi connectivity index (χ1v) is 9.71. The normalized spacial score (nSPS) is 17.8. The molecule has 2 N–H and O–H groups in total. The van der Waals surface area contributed by atoms with Crippen molar-refractivity contribution >= 4 is 17.4 Å². The van der Waals surface area contributed by atoms with Crippen molar-refractivity contribution in [2.24, 2.45) is 0 Å². The number of carbonyl (C=O) groups excluding carboxylic acids is 2. The second kappa shape index (κ2) is 9.53. The van der Waals surface area contributed by atoms with Gasteiger partial charge in [-0.15, -0.1) is 0 Å². The lowest BCUT2D eigenvalue weighted by molar-refractivity contribution is -0.140. The summed E-state index contributed by atoms with van der Waals surface area (Å²) in [6, 6.07) is 10.3. The molecule has 0 radical (unpaired) electrons. The van der Waals surface area contributed by atoms with E-state index in [0.717, 1.165) is 0 Å². The average Bonchev–Trinajstić information content (AvgIpc) is 3.04. The number of hydrogen-bond donors (Lipinski definition) is 2. The van der Waals surface area contributed by atoms with E-state index in [1.165, 1.54) is 25.2 Å². The Morgan fingerprint density at radius 3 is 2.52 bits per heavy atom. The molecule has 1 unspecified atom stereocenters. The smallest absolute Gasteiger partial charge is 0.295 e. The maximum atomic E-state index is 13.0. The van der Waals surface area contributed by atoms with Gasteiger partial charge in [-0.25, -0.2) is 0 Å². The van der Waals surface area contributed by atoms with Crippen molar-refractivity contribution in [1.29, 1.82) is 0 Å². The minimum absolute atomic E-state index is 0.0385. The minimum Gasteiger partial charge on any atom is -0.507 e. The number of ketones is 1. The first-order valence-electron chi connectivity index (χ1n) is 9.71. The van der Waals surface area contributed by atoms with E-state index in [4.69, 9.17) is 14.2 Å². The van der Waals surface area contributed by atoms with Crippen LogP contribution in [0.1, 0.15) is 23.6 Å². The number of hydrogen-bond acceptors (Lipinski definition) is 7. The van der Waals surface area contributed by atoms with E-state index >= 15 is 0 Å². The third-order valence-electron chi connectivity index (χ3n) is 5.15. The molecule has 1 heterocycles. The number of ether oxygens (including phenoxy) is 3. The fourth-order valence-corrected chi connectivity index (χ4v) is 3.63. The molecule has 0 spiro atoms. The lowest BCUT2D eigenvalue weighted by Crippen LogP contribution is -2.31. The topological polar surface area (TPSA) is 106 Å². The summed E-state index contributed by atoms with van der Waals surface area (Å²) in [7, 11) is 4.46. The molecule has 1 saturated heterocycles. The number of benzene rings is 2. The van der Waals surface area contributed by atoms with E-state index in [9.17, 15) is 19.8 Å². The molecule has 8 nitrogen and oxygen atoms in total. The van der Waals surface area contributed by atoms with E-state index in [2.05, 4.69) is 0 Å². The third-order valence-corrected chi connectivity index (χ3v) is 5.15. The lowest BCUT2D eigenvalue weighted by Gasteiger charge is -2.25. The van der Waals surface area contributed by atoms with Crippen LogP contribution in [0.2, 0.25) is 0 Å². The summed E-state index contributed by atoms with van der Waals surface area (Å²) in [4.78, 5) is 27.2. The number of nitrogens with zero attached hydrogens (tertiary/aromatic N) is 1. The van der Waals surface area contributed by atoms with Gasteiger partial charge in [-0.2, -0.15) is 0 Å². The van der Waals surface area contributed by atoms with Crippen molar-refractivity contribution in [1.82, 2.24) is 4.90 Å². The number of aliphatic hydroxyl groups excluding tert-OH is 1. The summed E-state index contributed by atoms with van der Waals surface area (Å²) in [6.07, 6.45) is 0.508. The van der Waals surface area contributed by atoms with Crippen molar-refractivity contribution in [3.8, 4) is 17.2 Å². The first-order chi connectivity index (χ1) is 14.9. The Hall–Kier alpha value is -3.52. The maximum Gasteiger partial charge on any atom is 0.295 e. The highest BCUT2D eigenvalue weighted by molar-refractivity contribution is 6.46. The van der Waals surface area contributed by atoms with Crippen LogP contribution in [0.25, 0.3) is 5.76 Å². The summed E-state index contributed by atoms with van der Waals surface area (Å²) in [6.45, 7) is 0.658. The number of rotatable bonds is 8. The van der Waals surface area contributed by atoms with Gasteiger partial charge in [0.1, 0.15) is 11.5 Å². The Kier molecular flexibility index (Phi) is 6.81. The number of Topliss-reactive ketones (excluding diaryl/α,β-unsaturated/α-hetero) is 1. The minimum atomic E-state index is -0.849. The summed E-state index contributed by atoms with van der Waals surface area (Å²) in [5.41, 5.74) is 0.837. The molecule has 0 aliphatic carbocycles. The van der Waals surface area contributed by atoms with Crippen molar-refractivity contribution in [2.75, 3.05) is 34.5 Å². The standard InChI is InChI=1S/C23H25NO7/c1-29-11-5-10-24-20(14-8-9-17(25)18(13-14)31-3)19(22(27)23(24)28)21(26)15-6-4-7-16(12-15)30-2/h4,6-9,12-13,20,25-26H,5,10-11H2,1-3H3/b21-19+. The van der Waals surface area contributed by atoms with Gasteiger partial charge in [0.2, 0.25) is 0 Å². The summed E-state index contributed by atoms with van der Waals surface area (Å²) < 4.78 is 15.5. The van der Waals surface area contributed by atoms with E-state index in [0.29, 0.717) is 29.9 Å². The quantitative estimate of drug-likeness (QED) is 0.289. The second-order valence-electron chi connectivity index (χ2n) is 7.00. The van der Waals surface area contributed by atoms with Gasteiger partial charge in [0.05, 0.1) is 25.8 Å². The van der Waals surface area contributed by atoms with Crippen LogP contribution in [0, 0.1) is 0 Å². The average molecular weight is 427 g/mol. The lowest BCUT2D eigenvalue weighted by atomic mass is 9.95. The van der Waals surface area contributed by atoms with Crippen LogP contribution in [0.4, 0.5) is 0 Å². The molecule has 2 aromatic carbocycles. The summed E-state index contributed by atoms with van der Waals surface area (Å²) in [5.74, 6) is -1.17. The molecule has 1 aliphatic rings. The van der Waals surface area contributed by atoms with Gasteiger partial charge in [-0.1, -0.05) is 18.2 Å². The second-order valence-corrected chi connectivity index (χ2v) is 7.00. The van der Waals surface area contributed by atoms with Crippen molar-refractivity contribution in [3.05, 3.63) is 59.2 Å². The first kappa shape index (κ1) is 22.2. The molecule has 0 bridgehead atoms. The van der Waals surface area contributed by atoms with E-state index in [-0.39, 0.29) is 29.4 Å². The molecule has 0 saturated carbocycles. The molecule has 2 aromatic rings. The summed E-state index contributed by atoms with van der Waals surface area (Å²) >= 11 is 0. The van der Waals surface area contributed by atoms with Crippen LogP contribution in [-0.4, -0.2) is 61.3 Å². The zero-order chi connectivity index (χ0) is 22.5. The van der Waals surface area contributed by atoms with Crippen molar-refractivity contribution in [3.63, 3.8) is 0 Å². The molecule has 3 rings (SSSR count). The monoisotopic (exact) mass is 427 g/mol. The van der Waals surface area contributed by atoms with Gasteiger partial charge in [-0.05, 0) is 36.2 Å². The van der Waals surface area contributed by atoms with Crippen LogP contribution in [0.15, 0.2) is 48.0 Å². The highest BCUT2D eigenvalue weighted by Crippen LogP contribution is 2.42. The Morgan fingerprint density at radius 1 is 1.06 bits per heavy atom. The molecule has 1 amide bonds. The SMILES string of the molecule is COCCCN1C(=O)C(=O)/C(=C(/O)c2cccc(OC)c2)C1c1ccc(O)c(OC)c1. The van der Waals surface area contributed by atoms with E-state index in [1.54, 1.807) is 43.5 Å². The molecule has 0 aromatic heterocycles. The number of amides is 1. The van der Waals surface area contributed by atoms with Gasteiger partial charge in [0, 0.05) is 25.8 Å². The fraction of sp³-hybridized carbons (Fsp3) is 0.304. The Morgan fingerprint density at radius 2 is 1.84 bits per heavy atom. The molecule has 1 aliphatic heterocycles. The molecule has 1 fully saturated rings. The molecule has 31 heavy (non-hydrogen) atoms. The Bertz CT molecular complexity index is 1010. The van der Waals surface area contributed by atoms with Crippen LogP contribution < -0.4 is 9.47 Å². The zero-order valence-electron chi connectivity index (χ0n) is 17.6. The molecular formula is C23H25NO7. The number of carbonyl (C=O) groups is 2. The molecular weight excluding hydrogens is 402 g/mol. The van der Waals surface area contributed by atoms with Gasteiger partial charge in [-0.3, -0.25) is 9.59 Å². The number of aromatic hydroxyl groups is 1. The number of phenols is 1. The third kappa shape index (κ3) is 4.34. The van der Waals surface area contributed by atoms with Crippen LogP contribution in [-0.2, 0) is 14.3 Å². The maximum absolute atomic E-state index is 13.0. The Balaban J connectivity index is 2.16. The Labute approximate surface area is 180 Å². The van der Waals surface area contributed by atoms with Crippen molar-refractivity contribution < 1.29 is 34.0 Å². The van der Waals surface area contributed by atoms with E-state index < -0.39 is 17.7 Å². The predicted molar refractivity (Wildman–Crippen MR) is 113 cm³/mol. The number of aliphatic hydroxyl groups is 1. The highest BCUT2D eigenvalue weighted by atomic mass is 16.5. The number of methoxy groups -OCH3 is 3. The van der Waals surface area contributed by atoms with Gasteiger partial charge >= 0.3 is 0 Å². The van der Waals surface area contributed by atoms with Crippen LogP contribution in [0.5, 0.6) is 17.2 Å². The molecule has 164 valence electrons. The van der Waals surface area contributed by atoms with Gasteiger partial charge < -0.3 is 29.3 Å². The van der Waals surface area contributed by atoms with Gasteiger partial charge in [0.15, 0.2) is 11.5 Å². The van der Waals surface area contributed by atoms with Crippen LogP contribution >= 0.6 is 0 Å². The molecule has 1 atom stereocenters. The molecule has 8 heteroatoms. The largest absolute Gasteiger partial charge is 0.507 e. The summed E-state index contributed by atoms with van der Waals surface area (Å²) in [5, 5.41) is 21.0. The van der Waals surface area contributed by atoms with E-state index in [1.807, 2.05) is 0 Å². The number of phenolic OH excluding ortho intramolecular Hbond substituents is 1. The number of likely N-dealkylation sites (tertiary alicyclic amines) is 1. The van der Waals surface area contributed by atoms with Crippen LogP contribution in [0.3, 0.4) is 0 Å². The van der Waals surface area contributed by atoms with Gasteiger partial charge in [0.25, 0.3) is 11.7 Å². The fourth-order valence-electron chi connectivity index (χ4n) is 3.63. The van der Waals surface area contributed by atoms with Crippen molar-refractivity contribution in [2.45, 2.75) is 12.5 Å².